The van der Waals surface area contributed by atoms with Crippen molar-refractivity contribution in [2.24, 2.45) is 17.6 Å². The van der Waals surface area contributed by atoms with E-state index in [0.29, 0.717) is 12.0 Å². The number of carbonyl (C=O) groups is 1. The van der Waals surface area contributed by atoms with Gasteiger partial charge in [0.15, 0.2) is 0 Å². The second-order valence-electron chi connectivity index (χ2n) is 6.14. The van der Waals surface area contributed by atoms with Crippen LogP contribution in [0.15, 0.2) is 30.3 Å². The second-order valence-corrected chi connectivity index (χ2v) is 6.14. The van der Waals surface area contributed by atoms with E-state index in [1.54, 1.807) is 0 Å². The maximum Gasteiger partial charge on any atom is 0.224 e. The number of nitrogens with two attached hydrogens (primary N) is 1. The van der Waals surface area contributed by atoms with Crippen LogP contribution >= 0.6 is 12.4 Å². The first-order valence-corrected chi connectivity index (χ1v) is 7.68. The summed E-state index contributed by atoms with van der Waals surface area (Å²) in [6, 6.07) is 10.8. The van der Waals surface area contributed by atoms with Gasteiger partial charge in [0.1, 0.15) is 0 Å². The van der Waals surface area contributed by atoms with Crippen molar-refractivity contribution in [1.29, 1.82) is 0 Å². The molecule has 0 saturated heterocycles. The van der Waals surface area contributed by atoms with Crippen molar-refractivity contribution in [2.45, 2.75) is 51.6 Å². The maximum atomic E-state index is 12.1. The molecule has 1 amide bonds. The lowest BCUT2D eigenvalue weighted by Crippen LogP contribution is -2.45. The molecule has 1 aromatic rings. The molecule has 1 fully saturated rings. The highest BCUT2D eigenvalue weighted by atomic mass is 35.5. The number of nitrogens with one attached hydrogen (secondary N) is 1. The molecular weight excluding hydrogens is 284 g/mol. The summed E-state index contributed by atoms with van der Waals surface area (Å²) in [5.74, 6) is 0.541. The third-order valence-electron chi connectivity index (χ3n) is 4.53. The van der Waals surface area contributed by atoms with Crippen LogP contribution in [0.25, 0.3) is 0 Å². The number of rotatable bonds is 5. The van der Waals surface area contributed by atoms with E-state index in [0.717, 1.165) is 12.8 Å². The van der Waals surface area contributed by atoms with E-state index < -0.39 is 0 Å². The van der Waals surface area contributed by atoms with Gasteiger partial charge in [0.25, 0.3) is 0 Å². The van der Waals surface area contributed by atoms with E-state index in [1.165, 1.54) is 18.4 Å². The number of hydrogen-bond donors (Lipinski definition) is 2. The van der Waals surface area contributed by atoms with Crippen LogP contribution in [0.2, 0.25) is 0 Å². The van der Waals surface area contributed by atoms with Crippen molar-refractivity contribution in [3.8, 4) is 0 Å². The van der Waals surface area contributed by atoms with E-state index in [1.807, 2.05) is 19.9 Å². The number of carbonyl (C=O) groups excluding carboxylic acids is 1. The highest BCUT2D eigenvalue weighted by molar-refractivity contribution is 5.85. The van der Waals surface area contributed by atoms with Crippen LogP contribution in [-0.4, -0.2) is 18.0 Å². The summed E-state index contributed by atoms with van der Waals surface area (Å²) in [4.78, 5) is 12.1. The van der Waals surface area contributed by atoms with Gasteiger partial charge < -0.3 is 11.1 Å². The molecule has 118 valence electrons. The van der Waals surface area contributed by atoms with Crippen LogP contribution in [0.4, 0.5) is 0 Å². The molecule has 0 bridgehead atoms. The van der Waals surface area contributed by atoms with E-state index in [2.05, 4.69) is 29.6 Å². The van der Waals surface area contributed by atoms with Crippen LogP contribution < -0.4 is 11.1 Å². The fourth-order valence-electron chi connectivity index (χ4n) is 2.94. The minimum atomic E-state index is -0.118. The monoisotopic (exact) mass is 310 g/mol. The van der Waals surface area contributed by atoms with Crippen molar-refractivity contribution in [3.05, 3.63) is 35.9 Å². The molecule has 2 rings (SSSR count). The Labute approximate surface area is 134 Å². The molecule has 4 atom stereocenters. The number of amides is 1. The highest BCUT2D eigenvalue weighted by Crippen LogP contribution is 2.29. The Balaban J connectivity index is 0.00000220. The first-order chi connectivity index (χ1) is 9.58. The molecule has 1 aliphatic rings. The number of benzene rings is 1. The predicted molar refractivity (Wildman–Crippen MR) is 89.5 cm³/mol. The third kappa shape index (κ3) is 5.01. The SMILES string of the molecule is CC(N)C(C)C(=O)NC1CCCC1Cc1ccccc1.Cl. The van der Waals surface area contributed by atoms with Crippen molar-refractivity contribution in [3.63, 3.8) is 0 Å². The summed E-state index contributed by atoms with van der Waals surface area (Å²) in [5, 5.41) is 3.21. The molecule has 0 heterocycles. The topological polar surface area (TPSA) is 55.1 Å². The molecule has 0 aliphatic heterocycles. The summed E-state index contributed by atoms with van der Waals surface area (Å²) in [7, 11) is 0. The molecule has 4 unspecified atom stereocenters. The van der Waals surface area contributed by atoms with Crippen molar-refractivity contribution >= 4 is 18.3 Å². The molecule has 3 N–H and O–H groups in total. The van der Waals surface area contributed by atoms with E-state index in [9.17, 15) is 4.79 Å². The Bertz CT molecular complexity index is 436. The fourth-order valence-corrected chi connectivity index (χ4v) is 2.94. The van der Waals surface area contributed by atoms with Crippen molar-refractivity contribution < 1.29 is 4.79 Å². The van der Waals surface area contributed by atoms with Gasteiger partial charge in [-0.2, -0.15) is 0 Å². The summed E-state index contributed by atoms with van der Waals surface area (Å²) in [6.07, 6.45) is 4.55. The zero-order valence-corrected chi connectivity index (χ0v) is 13.7. The molecule has 1 aromatic carbocycles. The standard InChI is InChI=1S/C17H26N2O.ClH/c1-12(13(2)18)17(20)19-16-10-6-9-15(16)11-14-7-4-3-5-8-14;/h3-5,7-8,12-13,15-16H,6,9-11,18H2,1-2H3,(H,19,20);1H. The smallest absolute Gasteiger partial charge is 0.224 e. The van der Waals surface area contributed by atoms with Crippen LogP contribution in [0, 0.1) is 11.8 Å². The summed E-state index contributed by atoms with van der Waals surface area (Å²) in [5.41, 5.74) is 7.17. The normalized spacial score (nSPS) is 24.0. The van der Waals surface area contributed by atoms with E-state index in [4.69, 9.17) is 5.73 Å². The molecule has 1 aliphatic carbocycles. The van der Waals surface area contributed by atoms with Crippen LogP contribution in [0.5, 0.6) is 0 Å². The van der Waals surface area contributed by atoms with Gasteiger partial charge in [-0.05, 0) is 37.7 Å². The number of hydrogen-bond acceptors (Lipinski definition) is 2. The summed E-state index contributed by atoms with van der Waals surface area (Å²) < 4.78 is 0. The average Bonchev–Trinajstić information content (AvgIpc) is 2.86. The Morgan fingerprint density at radius 1 is 1.29 bits per heavy atom. The molecular formula is C17H27ClN2O. The van der Waals surface area contributed by atoms with Gasteiger partial charge in [-0.1, -0.05) is 43.7 Å². The van der Waals surface area contributed by atoms with Gasteiger partial charge in [0.2, 0.25) is 5.91 Å². The zero-order chi connectivity index (χ0) is 14.5. The van der Waals surface area contributed by atoms with Crippen molar-refractivity contribution in [1.82, 2.24) is 5.32 Å². The molecule has 0 aromatic heterocycles. The van der Waals surface area contributed by atoms with E-state index in [-0.39, 0.29) is 30.3 Å². The van der Waals surface area contributed by atoms with Gasteiger partial charge in [0.05, 0.1) is 0 Å². The first kappa shape index (κ1) is 18.0. The molecule has 0 radical (unpaired) electrons. The summed E-state index contributed by atoms with van der Waals surface area (Å²) >= 11 is 0. The maximum absolute atomic E-state index is 12.1. The number of halogens is 1. The van der Waals surface area contributed by atoms with E-state index >= 15 is 0 Å². The third-order valence-corrected chi connectivity index (χ3v) is 4.53. The Kier molecular flexibility index (Phi) is 7.20. The predicted octanol–water partition coefficient (Wildman–Crippen LogP) is 2.92. The zero-order valence-electron chi connectivity index (χ0n) is 12.9. The lowest BCUT2D eigenvalue weighted by Gasteiger charge is -2.24. The van der Waals surface area contributed by atoms with Crippen LogP contribution in [0.1, 0.15) is 38.7 Å². The van der Waals surface area contributed by atoms with Crippen molar-refractivity contribution in [2.75, 3.05) is 0 Å². The molecule has 0 spiro atoms. The Morgan fingerprint density at radius 2 is 1.95 bits per heavy atom. The average molecular weight is 311 g/mol. The summed E-state index contributed by atoms with van der Waals surface area (Å²) in [6.45, 7) is 3.79. The van der Waals surface area contributed by atoms with Crippen LogP contribution in [-0.2, 0) is 11.2 Å². The first-order valence-electron chi connectivity index (χ1n) is 7.68. The van der Waals surface area contributed by atoms with Crippen LogP contribution in [0.3, 0.4) is 0 Å². The minimum absolute atomic E-state index is 0. The van der Waals surface area contributed by atoms with Gasteiger partial charge in [-0.25, -0.2) is 0 Å². The second kappa shape index (κ2) is 8.40. The molecule has 1 saturated carbocycles. The Morgan fingerprint density at radius 3 is 2.57 bits per heavy atom. The quantitative estimate of drug-likeness (QED) is 0.878. The van der Waals surface area contributed by atoms with Gasteiger partial charge in [-0.15, -0.1) is 12.4 Å². The van der Waals surface area contributed by atoms with Gasteiger partial charge >= 0.3 is 0 Å². The molecule has 3 nitrogen and oxygen atoms in total. The highest BCUT2D eigenvalue weighted by Gasteiger charge is 2.30. The largest absolute Gasteiger partial charge is 0.353 e. The molecule has 21 heavy (non-hydrogen) atoms. The minimum Gasteiger partial charge on any atom is -0.353 e. The molecule has 4 heteroatoms. The van der Waals surface area contributed by atoms with Gasteiger partial charge in [0, 0.05) is 18.0 Å². The lowest BCUT2D eigenvalue weighted by molar-refractivity contribution is -0.125. The fraction of sp³-hybridized carbons (Fsp3) is 0.588. The Hall–Kier alpha value is -1.06. The lowest BCUT2D eigenvalue weighted by atomic mass is 9.94. The van der Waals surface area contributed by atoms with Gasteiger partial charge in [-0.3, -0.25) is 4.79 Å².